The molecule has 2 heterocycles. The molecule has 1 aromatic carbocycles. The van der Waals surface area contributed by atoms with Gasteiger partial charge in [-0.15, -0.1) is 11.3 Å². The van der Waals surface area contributed by atoms with Crippen molar-refractivity contribution in [2.45, 2.75) is 26.8 Å². The van der Waals surface area contributed by atoms with Crippen LogP contribution < -0.4 is 4.74 Å². The smallest absolute Gasteiger partial charge is 0.290 e. The average molecular weight is 429 g/mol. The minimum Gasteiger partial charge on any atom is -0.503 e. The van der Waals surface area contributed by atoms with Gasteiger partial charge in [0.25, 0.3) is 5.91 Å². The highest BCUT2D eigenvalue weighted by molar-refractivity contribution is 7.12. The Kier molecular flexibility index (Phi) is 7.29. The van der Waals surface area contributed by atoms with E-state index in [0.717, 1.165) is 24.4 Å². The number of amides is 1. The number of Topliss-reactive ketones (excluding diaryl/α,β-unsaturated/α-hetero) is 1. The van der Waals surface area contributed by atoms with Crippen molar-refractivity contribution in [3.8, 4) is 5.75 Å². The van der Waals surface area contributed by atoms with Crippen molar-refractivity contribution >= 4 is 23.0 Å². The molecule has 0 fully saturated rings. The molecule has 0 radical (unpaired) electrons. The Hall–Kier alpha value is -2.64. The van der Waals surface area contributed by atoms with Crippen molar-refractivity contribution < 1.29 is 19.4 Å². The molecule has 0 bridgehead atoms. The Bertz CT molecular complexity index is 902. The van der Waals surface area contributed by atoms with Crippen LogP contribution in [0.4, 0.5) is 0 Å². The molecule has 1 aliphatic rings. The van der Waals surface area contributed by atoms with Gasteiger partial charge in [-0.25, -0.2) is 0 Å². The van der Waals surface area contributed by atoms with Crippen LogP contribution in [-0.4, -0.2) is 59.4 Å². The number of ether oxygens (including phenoxy) is 1. The number of carbonyl (C=O) groups excluding carboxylic acids is 2. The first-order valence-corrected chi connectivity index (χ1v) is 11.2. The van der Waals surface area contributed by atoms with Crippen molar-refractivity contribution in [2.24, 2.45) is 0 Å². The van der Waals surface area contributed by atoms with Crippen molar-refractivity contribution in [1.29, 1.82) is 0 Å². The lowest BCUT2D eigenvalue weighted by molar-refractivity contribution is -0.129. The van der Waals surface area contributed by atoms with Crippen molar-refractivity contribution in [2.75, 3.05) is 32.8 Å². The lowest BCUT2D eigenvalue weighted by Crippen LogP contribution is -2.38. The predicted molar refractivity (Wildman–Crippen MR) is 118 cm³/mol. The van der Waals surface area contributed by atoms with Crippen LogP contribution in [0.2, 0.25) is 0 Å². The second-order valence-corrected chi connectivity index (χ2v) is 7.95. The molecule has 7 heteroatoms. The lowest BCUT2D eigenvalue weighted by atomic mass is 9.95. The third-order valence-electron chi connectivity index (χ3n) is 5.35. The highest BCUT2D eigenvalue weighted by Crippen LogP contribution is 2.39. The Morgan fingerprint density at radius 1 is 1.17 bits per heavy atom. The predicted octanol–water partition coefficient (Wildman–Crippen LogP) is 4.07. The van der Waals surface area contributed by atoms with Crippen LogP contribution in [0.15, 0.2) is 53.1 Å². The van der Waals surface area contributed by atoms with Gasteiger partial charge in [0.05, 0.1) is 23.1 Å². The number of ketones is 1. The summed E-state index contributed by atoms with van der Waals surface area (Å²) >= 11 is 1.30. The maximum atomic E-state index is 13.2. The zero-order chi connectivity index (χ0) is 21.7. The SMILES string of the molecule is CCOc1ccc([C@@H]2C(C(=O)c3cccs3)=C(O)C(=O)N2CCN(CC)CC)cc1. The van der Waals surface area contributed by atoms with Crippen LogP contribution >= 0.6 is 11.3 Å². The highest BCUT2D eigenvalue weighted by atomic mass is 32.1. The van der Waals surface area contributed by atoms with E-state index in [4.69, 9.17) is 4.74 Å². The van der Waals surface area contributed by atoms with E-state index in [2.05, 4.69) is 18.7 Å². The molecule has 6 nitrogen and oxygen atoms in total. The van der Waals surface area contributed by atoms with Gasteiger partial charge in [-0.05, 0) is 49.2 Å². The molecule has 0 saturated carbocycles. The maximum absolute atomic E-state index is 13.2. The second-order valence-electron chi connectivity index (χ2n) is 7.00. The number of nitrogens with zero attached hydrogens (tertiary/aromatic N) is 2. The van der Waals surface area contributed by atoms with E-state index in [1.54, 1.807) is 17.0 Å². The van der Waals surface area contributed by atoms with E-state index in [-0.39, 0.29) is 11.4 Å². The molecule has 0 saturated heterocycles. The van der Waals surface area contributed by atoms with E-state index in [9.17, 15) is 14.7 Å². The van der Waals surface area contributed by atoms with E-state index in [1.807, 2.05) is 36.6 Å². The van der Waals surface area contributed by atoms with E-state index < -0.39 is 17.7 Å². The van der Waals surface area contributed by atoms with Crippen molar-refractivity contribution in [1.82, 2.24) is 9.80 Å². The standard InChI is InChI=1S/C23H28N2O4S/c1-4-24(5-2)13-14-25-20(16-9-11-17(12-10-16)29-6-3)19(22(27)23(25)28)21(26)18-8-7-15-30-18/h7-12,15,20,27H,4-6,13-14H2,1-3H3/t20-/m1/s1. The van der Waals surface area contributed by atoms with Crippen molar-refractivity contribution in [3.63, 3.8) is 0 Å². The number of likely N-dealkylation sites (N-methyl/N-ethyl adjacent to an activating group) is 1. The summed E-state index contributed by atoms with van der Waals surface area (Å²) < 4.78 is 5.52. The Morgan fingerprint density at radius 2 is 1.87 bits per heavy atom. The summed E-state index contributed by atoms with van der Waals surface area (Å²) in [4.78, 5) is 30.5. The summed E-state index contributed by atoms with van der Waals surface area (Å²) in [6.07, 6.45) is 0. The average Bonchev–Trinajstić information content (AvgIpc) is 3.38. The molecular weight excluding hydrogens is 400 g/mol. The first-order valence-electron chi connectivity index (χ1n) is 10.3. The first-order chi connectivity index (χ1) is 14.5. The summed E-state index contributed by atoms with van der Waals surface area (Å²) in [5, 5.41) is 12.5. The Morgan fingerprint density at radius 3 is 2.43 bits per heavy atom. The fourth-order valence-corrected chi connectivity index (χ4v) is 4.38. The topological polar surface area (TPSA) is 70.1 Å². The summed E-state index contributed by atoms with van der Waals surface area (Å²) in [5.74, 6) is -0.535. The molecule has 1 N–H and O–H groups in total. The van der Waals surface area contributed by atoms with Gasteiger partial charge in [0.15, 0.2) is 5.76 Å². The molecule has 1 amide bonds. The molecule has 1 aromatic heterocycles. The quantitative estimate of drug-likeness (QED) is 0.578. The molecule has 1 aliphatic heterocycles. The van der Waals surface area contributed by atoms with Crippen LogP contribution in [0.5, 0.6) is 5.75 Å². The Balaban J connectivity index is 1.98. The fraction of sp³-hybridized carbons (Fsp3) is 0.391. The summed E-state index contributed by atoms with van der Waals surface area (Å²) in [7, 11) is 0. The number of thiophene rings is 1. The largest absolute Gasteiger partial charge is 0.503 e. The Labute approximate surface area is 181 Å². The normalized spacial score (nSPS) is 16.6. The van der Waals surface area contributed by atoms with Gasteiger partial charge >= 0.3 is 0 Å². The van der Waals surface area contributed by atoms with E-state index in [1.165, 1.54) is 11.3 Å². The molecule has 3 rings (SSSR count). The molecular formula is C23H28N2O4S. The van der Waals surface area contributed by atoms with Gasteiger partial charge in [-0.3, -0.25) is 9.59 Å². The number of aliphatic hydroxyl groups is 1. The monoisotopic (exact) mass is 428 g/mol. The number of aliphatic hydroxyl groups excluding tert-OH is 1. The summed E-state index contributed by atoms with van der Waals surface area (Å²) in [6.45, 7) is 9.43. The second kappa shape index (κ2) is 9.91. The number of hydrogen-bond donors (Lipinski definition) is 1. The first kappa shape index (κ1) is 22.1. The van der Waals surface area contributed by atoms with Gasteiger partial charge in [-0.2, -0.15) is 0 Å². The maximum Gasteiger partial charge on any atom is 0.290 e. The molecule has 2 aromatic rings. The van der Waals surface area contributed by atoms with Crippen LogP contribution in [0, 0.1) is 0 Å². The van der Waals surface area contributed by atoms with Crippen LogP contribution in [-0.2, 0) is 4.79 Å². The lowest BCUT2D eigenvalue weighted by Gasteiger charge is -2.29. The minimum absolute atomic E-state index is 0.145. The number of hydrogen-bond acceptors (Lipinski definition) is 6. The zero-order valence-corrected chi connectivity index (χ0v) is 18.4. The zero-order valence-electron chi connectivity index (χ0n) is 17.6. The van der Waals surface area contributed by atoms with E-state index in [0.29, 0.717) is 24.6 Å². The molecule has 0 unspecified atom stereocenters. The van der Waals surface area contributed by atoms with Gasteiger partial charge in [-0.1, -0.05) is 32.0 Å². The van der Waals surface area contributed by atoms with Gasteiger partial charge in [0.1, 0.15) is 5.75 Å². The molecule has 1 atom stereocenters. The summed E-state index contributed by atoms with van der Waals surface area (Å²) in [5.41, 5.74) is 0.918. The van der Waals surface area contributed by atoms with Crippen LogP contribution in [0.3, 0.4) is 0 Å². The molecule has 160 valence electrons. The number of benzene rings is 1. The number of carbonyl (C=O) groups is 2. The minimum atomic E-state index is -0.627. The molecule has 30 heavy (non-hydrogen) atoms. The molecule has 0 aliphatic carbocycles. The van der Waals surface area contributed by atoms with Gasteiger partial charge in [0, 0.05) is 13.1 Å². The summed E-state index contributed by atoms with van der Waals surface area (Å²) in [6, 6.07) is 10.2. The fourth-order valence-electron chi connectivity index (χ4n) is 3.71. The van der Waals surface area contributed by atoms with Crippen LogP contribution in [0.25, 0.3) is 0 Å². The van der Waals surface area contributed by atoms with Gasteiger partial charge < -0.3 is 19.6 Å². The van der Waals surface area contributed by atoms with Gasteiger partial charge in [0.2, 0.25) is 5.78 Å². The van der Waals surface area contributed by atoms with Crippen molar-refractivity contribution in [3.05, 3.63) is 63.6 Å². The third-order valence-corrected chi connectivity index (χ3v) is 6.22. The number of rotatable bonds is 10. The van der Waals surface area contributed by atoms with E-state index >= 15 is 0 Å². The van der Waals surface area contributed by atoms with Crippen LogP contribution in [0.1, 0.15) is 42.0 Å². The third kappa shape index (κ3) is 4.42. The molecule has 0 spiro atoms. The highest BCUT2D eigenvalue weighted by Gasteiger charge is 2.43.